The number of nitrogens with zero attached hydrogens (tertiary/aromatic N) is 3. The molecule has 7 heteroatoms. The Labute approximate surface area is 171 Å². The van der Waals surface area contributed by atoms with Crippen LogP contribution >= 0.6 is 0 Å². The maximum Gasteiger partial charge on any atom is 0.244 e. The summed E-state index contributed by atoms with van der Waals surface area (Å²) in [6.45, 7) is 13.8. The number of rotatable bonds is 9. The van der Waals surface area contributed by atoms with Gasteiger partial charge in [-0.25, -0.2) is 4.99 Å². The van der Waals surface area contributed by atoms with Gasteiger partial charge in [-0.05, 0) is 32.1 Å². The molecule has 0 aromatic rings. The average Bonchev–Trinajstić information content (AvgIpc) is 2.75. The van der Waals surface area contributed by atoms with Crippen molar-refractivity contribution in [1.29, 1.82) is 0 Å². The van der Waals surface area contributed by atoms with Gasteiger partial charge < -0.3 is 20.3 Å². The van der Waals surface area contributed by atoms with Crippen LogP contribution < -0.4 is 10.6 Å². The van der Waals surface area contributed by atoms with Gasteiger partial charge in [-0.2, -0.15) is 0 Å². The fourth-order valence-corrected chi connectivity index (χ4v) is 4.27. The van der Waals surface area contributed by atoms with Crippen LogP contribution in [0.25, 0.3) is 0 Å². The predicted octanol–water partition coefficient (Wildman–Crippen LogP) is 1.69. The van der Waals surface area contributed by atoms with Crippen molar-refractivity contribution < 1.29 is 9.53 Å². The van der Waals surface area contributed by atoms with Gasteiger partial charge in [0.05, 0.1) is 13.2 Å². The van der Waals surface area contributed by atoms with E-state index in [1.165, 1.54) is 19.3 Å². The van der Waals surface area contributed by atoms with E-state index in [9.17, 15) is 4.79 Å². The number of hydrogen-bond acceptors (Lipinski definition) is 4. The molecule has 0 saturated carbocycles. The van der Waals surface area contributed by atoms with Crippen LogP contribution in [0.15, 0.2) is 4.99 Å². The third-order valence-electron chi connectivity index (χ3n) is 6.01. The third-order valence-corrected chi connectivity index (χ3v) is 6.01. The summed E-state index contributed by atoms with van der Waals surface area (Å²) in [6.07, 6.45) is 5.80. The van der Waals surface area contributed by atoms with E-state index < -0.39 is 0 Å². The Morgan fingerprint density at radius 3 is 2.29 bits per heavy atom. The lowest BCUT2D eigenvalue weighted by atomic mass is 9.92. The number of ether oxygens (including phenoxy) is 1. The first-order chi connectivity index (χ1) is 13.7. The minimum Gasteiger partial charge on any atom is -0.379 e. The van der Waals surface area contributed by atoms with Crippen molar-refractivity contribution in [3.63, 3.8) is 0 Å². The Kier molecular flexibility index (Phi) is 10.6. The third kappa shape index (κ3) is 7.24. The maximum atomic E-state index is 12.4. The van der Waals surface area contributed by atoms with Crippen LogP contribution in [0.5, 0.6) is 0 Å². The summed E-state index contributed by atoms with van der Waals surface area (Å²) in [4.78, 5) is 21.5. The van der Waals surface area contributed by atoms with Gasteiger partial charge in [-0.1, -0.05) is 26.7 Å². The molecule has 0 aromatic heterocycles. The van der Waals surface area contributed by atoms with E-state index in [1.807, 2.05) is 4.90 Å². The number of morpholine rings is 1. The second-order valence-electron chi connectivity index (χ2n) is 7.81. The lowest BCUT2D eigenvalue weighted by molar-refractivity contribution is -0.130. The van der Waals surface area contributed by atoms with E-state index in [0.717, 1.165) is 71.3 Å². The molecule has 2 aliphatic heterocycles. The Bertz CT molecular complexity index is 469. The van der Waals surface area contributed by atoms with Crippen molar-refractivity contribution in [3.8, 4) is 0 Å². The number of likely N-dealkylation sites (tertiary alicyclic amines) is 1. The predicted molar refractivity (Wildman–Crippen MR) is 115 cm³/mol. The van der Waals surface area contributed by atoms with Crippen LogP contribution in [0, 0.1) is 5.92 Å². The quantitative estimate of drug-likeness (QED) is 0.459. The Morgan fingerprint density at radius 1 is 1.00 bits per heavy atom. The van der Waals surface area contributed by atoms with Crippen LogP contribution in [0.3, 0.4) is 0 Å². The first-order valence-corrected chi connectivity index (χ1v) is 11.3. The van der Waals surface area contributed by atoms with E-state index in [0.29, 0.717) is 12.0 Å². The monoisotopic (exact) mass is 395 g/mol. The van der Waals surface area contributed by atoms with Gasteiger partial charge in [-0.15, -0.1) is 0 Å². The van der Waals surface area contributed by atoms with Gasteiger partial charge in [-0.3, -0.25) is 9.69 Å². The van der Waals surface area contributed by atoms with E-state index in [-0.39, 0.29) is 12.5 Å². The van der Waals surface area contributed by atoms with Crippen LogP contribution in [0.4, 0.5) is 0 Å². The van der Waals surface area contributed by atoms with E-state index in [4.69, 9.17) is 4.74 Å². The fourth-order valence-electron chi connectivity index (χ4n) is 4.27. The van der Waals surface area contributed by atoms with Gasteiger partial charge in [0, 0.05) is 45.3 Å². The molecule has 0 radical (unpaired) electrons. The van der Waals surface area contributed by atoms with E-state index in [2.05, 4.69) is 41.3 Å². The highest BCUT2D eigenvalue weighted by Crippen LogP contribution is 2.19. The highest BCUT2D eigenvalue weighted by molar-refractivity contribution is 5.85. The molecule has 2 fully saturated rings. The topological polar surface area (TPSA) is 69.2 Å². The molecule has 2 N–H and O–H groups in total. The SMILES string of the molecule is CCNC(=NCC(=O)N1CCCCC1)NCC(C(CC)CC)N1CCOCC1. The van der Waals surface area contributed by atoms with Gasteiger partial charge in [0.1, 0.15) is 6.54 Å². The van der Waals surface area contributed by atoms with Crippen LogP contribution in [0.2, 0.25) is 0 Å². The standard InChI is InChI=1S/C21H41N5O2/c1-4-18(5-2)19(25-12-14-28-15-13-25)16-23-21(22-6-3)24-17-20(27)26-10-8-7-9-11-26/h18-19H,4-17H2,1-3H3,(H2,22,23,24). The van der Waals surface area contributed by atoms with Crippen LogP contribution in [0.1, 0.15) is 52.9 Å². The summed E-state index contributed by atoms with van der Waals surface area (Å²) in [6, 6.07) is 0.459. The number of nitrogens with one attached hydrogen (secondary N) is 2. The summed E-state index contributed by atoms with van der Waals surface area (Å²) < 4.78 is 5.54. The molecule has 2 saturated heterocycles. The zero-order valence-corrected chi connectivity index (χ0v) is 18.2. The first-order valence-electron chi connectivity index (χ1n) is 11.3. The van der Waals surface area contributed by atoms with Gasteiger partial charge in [0.15, 0.2) is 5.96 Å². The number of aliphatic imine (C=N–C) groups is 1. The molecule has 1 atom stereocenters. The number of guanidine groups is 1. The number of amides is 1. The van der Waals surface area contributed by atoms with Crippen molar-refractivity contribution in [3.05, 3.63) is 0 Å². The van der Waals surface area contributed by atoms with Crippen LogP contribution in [-0.4, -0.2) is 86.7 Å². The molecule has 0 aliphatic carbocycles. The molecule has 28 heavy (non-hydrogen) atoms. The van der Waals surface area contributed by atoms with Crippen molar-refractivity contribution in [2.24, 2.45) is 10.9 Å². The van der Waals surface area contributed by atoms with E-state index in [1.54, 1.807) is 0 Å². The molecular weight excluding hydrogens is 354 g/mol. The average molecular weight is 396 g/mol. The summed E-state index contributed by atoms with van der Waals surface area (Å²) in [5.41, 5.74) is 0. The molecule has 0 spiro atoms. The zero-order chi connectivity index (χ0) is 20.2. The van der Waals surface area contributed by atoms with Crippen LogP contribution in [-0.2, 0) is 9.53 Å². The van der Waals surface area contributed by atoms with Gasteiger partial charge in [0.25, 0.3) is 0 Å². The summed E-state index contributed by atoms with van der Waals surface area (Å²) in [7, 11) is 0. The lowest BCUT2D eigenvalue weighted by Crippen LogP contribution is -2.53. The van der Waals surface area contributed by atoms with Gasteiger partial charge >= 0.3 is 0 Å². The molecule has 1 unspecified atom stereocenters. The Morgan fingerprint density at radius 2 is 1.68 bits per heavy atom. The molecule has 7 nitrogen and oxygen atoms in total. The summed E-state index contributed by atoms with van der Waals surface area (Å²) >= 11 is 0. The minimum atomic E-state index is 0.140. The van der Waals surface area contributed by atoms with Crippen molar-refractivity contribution >= 4 is 11.9 Å². The maximum absolute atomic E-state index is 12.4. The highest BCUT2D eigenvalue weighted by Gasteiger charge is 2.27. The number of piperidine rings is 1. The number of carbonyl (C=O) groups is 1. The molecule has 2 aliphatic rings. The second kappa shape index (κ2) is 13.0. The van der Waals surface area contributed by atoms with Gasteiger partial charge in [0.2, 0.25) is 5.91 Å². The molecule has 2 heterocycles. The number of hydrogen-bond donors (Lipinski definition) is 2. The normalized spacial score (nSPS) is 20.3. The molecule has 0 aromatic carbocycles. The zero-order valence-electron chi connectivity index (χ0n) is 18.2. The Balaban J connectivity index is 1.94. The highest BCUT2D eigenvalue weighted by atomic mass is 16.5. The van der Waals surface area contributed by atoms with Crippen molar-refractivity contribution in [2.75, 3.05) is 59.0 Å². The molecule has 1 amide bonds. The summed E-state index contributed by atoms with van der Waals surface area (Å²) in [5, 5.41) is 6.81. The molecular formula is C21H41N5O2. The lowest BCUT2D eigenvalue weighted by Gasteiger charge is -2.39. The molecule has 162 valence electrons. The minimum absolute atomic E-state index is 0.140. The van der Waals surface area contributed by atoms with Crippen molar-refractivity contribution in [1.82, 2.24) is 20.4 Å². The largest absolute Gasteiger partial charge is 0.379 e. The smallest absolute Gasteiger partial charge is 0.244 e. The Hall–Kier alpha value is -1.34. The fraction of sp³-hybridized carbons (Fsp3) is 0.905. The second-order valence-corrected chi connectivity index (χ2v) is 7.81. The van der Waals surface area contributed by atoms with E-state index >= 15 is 0 Å². The summed E-state index contributed by atoms with van der Waals surface area (Å²) in [5.74, 6) is 1.53. The molecule has 2 rings (SSSR count). The first kappa shape index (κ1) is 22.9. The van der Waals surface area contributed by atoms with Crippen molar-refractivity contribution in [2.45, 2.75) is 58.9 Å². The molecule has 0 bridgehead atoms. The number of carbonyl (C=O) groups excluding carboxylic acids is 1.